The highest BCUT2D eigenvalue weighted by molar-refractivity contribution is 5.97. The Labute approximate surface area is 158 Å². The Morgan fingerprint density at radius 1 is 1.19 bits per heavy atom. The molecule has 1 amide bonds. The highest BCUT2D eigenvalue weighted by atomic mass is 16.5. The number of hydrogen-bond acceptors (Lipinski definition) is 5. The normalized spacial score (nSPS) is 11.8. The number of para-hydroxylation sites is 1. The second kappa shape index (κ2) is 8.49. The van der Waals surface area contributed by atoms with Gasteiger partial charge in [0, 0.05) is 6.92 Å². The molecular weight excluding hydrogens is 342 g/mol. The second-order valence-corrected chi connectivity index (χ2v) is 6.30. The van der Waals surface area contributed by atoms with Crippen molar-refractivity contribution in [2.75, 3.05) is 0 Å². The molecule has 0 aliphatic rings. The van der Waals surface area contributed by atoms with Crippen LogP contribution >= 0.6 is 0 Å². The zero-order chi connectivity index (χ0) is 19.2. The van der Waals surface area contributed by atoms with Gasteiger partial charge in [-0.1, -0.05) is 48.5 Å². The molecule has 0 fully saturated rings. The summed E-state index contributed by atoms with van der Waals surface area (Å²) in [7, 11) is 0. The minimum Gasteiger partial charge on any atom is -0.485 e. The Balaban J connectivity index is 1.68. The van der Waals surface area contributed by atoms with E-state index in [2.05, 4.69) is 34.5 Å². The Hall–Kier alpha value is -3.15. The zero-order valence-electron chi connectivity index (χ0n) is 15.7. The Morgan fingerprint density at radius 3 is 2.59 bits per heavy atom. The van der Waals surface area contributed by atoms with Gasteiger partial charge in [0.05, 0.1) is 11.6 Å². The Bertz CT molecular complexity index is 903. The molecule has 1 N–H and O–H groups in total. The number of aromatic nitrogens is 2. The van der Waals surface area contributed by atoms with Crippen molar-refractivity contribution in [1.82, 2.24) is 15.5 Å². The first kappa shape index (κ1) is 18.6. The molecule has 0 saturated heterocycles. The average molecular weight is 365 g/mol. The predicted molar refractivity (Wildman–Crippen MR) is 102 cm³/mol. The first-order valence-corrected chi connectivity index (χ1v) is 8.97. The van der Waals surface area contributed by atoms with E-state index in [1.165, 1.54) is 5.56 Å². The van der Waals surface area contributed by atoms with E-state index < -0.39 is 0 Å². The summed E-state index contributed by atoms with van der Waals surface area (Å²) >= 11 is 0. The van der Waals surface area contributed by atoms with Gasteiger partial charge in [0.25, 0.3) is 5.91 Å². The van der Waals surface area contributed by atoms with Crippen LogP contribution in [-0.2, 0) is 13.0 Å². The van der Waals surface area contributed by atoms with Crippen molar-refractivity contribution in [3.05, 3.63) is 76.9 Å². The number of carbonyl (C=O) groups is 1. The van der Waals surface area contributed by atoms with E-state index in [1.54, 1.807) is 25.1 Å². The highest BCUT2D eigenvalue weighted by Gasteiger charge is 2.16. The van der Waals surface area contributed by atoms with Crippen LogP contribution in [0.5, 0.6) is 5.75 Å². The zero-order valence-corrected chi connectivity index (χ0v) is 15.7. The number of benzene rings is 2. The first-order chi connectivity index (χ1) is 13.1. The maximum Gasteiger partial charge on any atom is 0.255 e. The van der Waals surface area contributed by atoms with Crippen LogP contribution in [-0.4, -0.2) is 16.0 Å². The second-order valence-electron chi connectivity index (χ2n) is 6.30. The van der Waals surface area contributed by atoms with E-state index in [4.69, 9.17) is 9.26 Å². The third kappa shape index (κ3) is 4.73. The van der Waals surface area contributed by atoms with Gasteiger partial charge in [-0.3, -0.25) is 4.79 Å². The number of nitrogens with zero attached hydrogens (tertiary/aromatic N) is 2. The fourth-order valence-corrected chi connectivity index (χ4v) is 2.72. The lowest BCUT2D eigenvalue weighted by molar-refractivity contribution is 0.0935. The average Bonchev–Trinajstić information content (AvgIpc) is 3.11. The van der Waals surface area contributed by atoms with Crippen LogP contribution in [0, 0.1) is 6.92 Å². The molecule has 6 nitrogen and oxygen atoms in total. The lowest BCUT2D eigenvalue weighted by atomic mass is 10.0. The van der Waals surface area contributed by atoms with Gasteiger partial charge >= 0.3 is 0 Å². The SMILES string of the molecule is CCc1ccc(C(C)NC(=O)c2ccccc2OCc2noc(C)n2)cc1. The smallest absolute Gasteiger partial charge is 0.255 e. The van der Waals surface area contributed by atoms with Gasteiger partial charge in [-0.05, 0) is 36.6 Å². The molecule has 6 heteroatoms. The number of nitrogens with one attached hydrogen (secondary N) is 1. The lowest BCUT2D eigenvalue weighted by Crippen LogP contribution is -2.27. The summed E-state index contributed by atoms with van der Waals surface area (Å²) in [5.74, 6) is 1.20. The van der Waals surface area contributed by atoms with Crippen LogP contribution in [0.2, 0.25) is 0 Å². The number of rotatable bonds is 7. The third-order valence-electron chi connectivity index (χ3n) is 4.29. The molecule has 1 heterocycles. The number of amides is 1. The highest BCUT2D eigenvalue weighted by Crippen LogP contribution is 2.21. The summed E-state index contributed by atoms with van der Waals surface area (Å²) in [6.45, 7) is 5.93. The fraction of sp³-hybridized carbons (Fsp3) is 0.286. The molecule has 1 atom stereocenters. The molecule has 0 aliphatic carbocycles. The van der Waals surface area contributed by atoms with Gasteiger partial charge < -0.3 is 14.6 Å². The third-order valence-corrected chi connectivity index (χ3v) is 4.29. The minimum absolute atomic E-state index is 0.115. The summed E-state index contributed by atoms with van der Waals surface area (Å²) in [4.78, 5) is 16.8. The van der Waals surface area contributed by atoms with E-state index in [0.29, 0.717) is 23.0 Å². The largest absolute Gasteiger partial charge is 0.485 e. The number of aryl methyl sites for hydroxylation is 2. The van der Waals surface area contributed by atoms with Crippen molar-refractivity contribution in [1.29, 1.82) is 0 Å². The summed E-state index contributed by atoms with van der Waals surface area (Å²) in [6, 6.07) is 15.3. The monoisotopic (exact) mass is 365 g/mol. The summed E-state index contributed by atoms with van der Waals surface area (Å²) in [6.07, 6.45) is 0.992. The van der Waals surface area contributed by atoms with Crippen LogP contribution < -0.4 is 10.1 Å². The van der Waals surface area contributed by atoms with Gasteiger partial charge in [-0.15, -0.1) is 0 Å². The lowest BCUT2D eigenvalue weighted by Gasteiger charge is -2.16. The quantitative estimate of drug-likeness (QED) is 0.684. The van der Waals surface area contributed by atoms with Gasteiger partial charge in [-0.2, -0.15) is 4.98 Å². The Kier molecular flexibility index (Phi) is 5.86. The number of hydrogen-bond donors (Lipinski definition) is 1. The van der Waals surface area contributed by atoms with E-state index in [-0.39, 0.29) is 18.6 Å². The molecule has 0 saturated carbocycles. The molecule has 2 aromatic carbocycles. The minimum atomic E-state index is -0.193. The van der Waals surface area contributed by atoms with E-state index in [1.807, 2.05) is 25.1 Å². The maximum absolute atomic E-state index is 12.7. The van der Waals surface area contributed by atoms with E-state index in [0.717, 1.165) is 12.0 Å². The van der Waals surface area contributed by atoms with E-state index in [9.17, 15) is 4.79 Å². The van der Waals surface area contributed by atoms with Crippen LogP contribution in [0.1, 0.15) is 53.1 Å². The van der Waals surface area contributed by atoms with Gasteiger partial charge in [-0.25, -0.2) is 0 Å². The topological polar surface area (TPSA) is 77.2 Å². The van der Waals surface area contributed by atoms with Crippen molar-refractivity contribution in [3.63, 3.8) is 0 Å². The molecule has 3 aromatic rings. The molecule has 140 valence electrons. The van der Waals surface area contributed by atoms with Crippen molar-refractivity contribution in [2.24, 2.45) is 0 Å². The molecule has 3 rings (SSSR count). The molecule has 0 bridgehead atoms. The summed E-state index contributed by atoms with van der Waals surface area (Å²) in [5.41, 5.74) is 2.80. The Morgan fingerprint density at radius 2 is 1.93 bits per heavy atom. The predicted octanol–water partition coefficient (Wildman–Crippen LogP) is 4.01. The van der Waals surface area contributed by atoms with Crippen LogP contribution in [0.25, 0.3) is 0 Å². The molecule has 1 unspecified atom stereocenters. The van der Waals surface area contributed by atoms with Crippen LogP contribution in [0.3, 0.4) is 0 Å². The van der Waals surface area contributed by atoms with Crippen molar-refractivity contribution in [3.8, 4) is 5.75 Å². The first-order valence-electron chi connectivity index (χ1n) is 8.97. The van der Waals surface area contributed by atoms with Crippen LogP contribution in [0.15, 0.2) is 53.1 Å². The van der Waals surface area contributed by atoms with Crippen molar-refractivity contribution < 1.29 is 14.1 Å². The summed E-state index contributed by atoms with van der Waals surface area (Å²) < 4.78 is 10.7. The standard InChI is InChI=1S/C21H23N3O3/c1-4-16-9-11-17(12-10-16)14(2)22-21(25)18-7-5-6-8-19(18)26-13-20-23-15(3)27-24-20/h5-12,14H,4,13H2,1-3H3,(H,22,25). The van der Waals surface area contributed by atoms with Crippen LogP contribution in [0.4, 0.5) is 0 Å². The van der Waals surface area contributed by atoms with Crippen molar-refractivity contribution in [2.45, 2.75) is 39.8 Å². The molecular formula is C21H23N3O3. The number of carbonyl (C=O) groups excluding carboxylic acids is 1. The summed E-state index contributed by atoms with van der Waals surface area (Å²) in [5, 5.41) is 6.82. The number of ether oxygens (including phenoxy) is 1. The van der Waals surface area contributed by atoms with Crippen molar-refractivity contribution >= 4 is 5.91 Å². The molecule has 0 spiro atoms. The van der Waals surface area contributed by atoms with Gasteiger partial charge in [0.1, 0.15) is 5.75 Å². The molecule has 1 aromatic heterocycles. The van der Waals surface area contributed by atoms with E-state index >= 15 is 0 Å². The van der Waals surface area contributed by atoms with Gasteiger partial charge in [0.2, 0.25) is 11.7 Å². The maximum atomic E-state index is 12.7. The fourth-order valence-electron chi connectivity index (χ4n) is 2.72. The molecule has 0 radical (unpaired) electrons. The molecule has 27 heavy (non-hydrogen) atoms. The molecule has 0 aliphatic heterocycles. The van der Waals surface area contributed by atoms with Gasteiger partial charge in [0.15, 0.2) is 6.61 Å².